The van der Waals surface area contributed by atoms with Crippen LogP contribution in [0.25, 0.3) is 5.82 Å². The van der Waals surface area contributed by atoms with Crippen molar-refractivity contribution in [1.82, 2.24) is 34.1 Å². The van der Waals surface area contributed by atoms with Crippen LogP contribution in [0, 0.1) is 5.92 Å². The maximum Gasteiger partial charge on any atom is 0.332 e. The molecule has 1 fully saturated rings. The van der Waals surface area contributed by atoms with Crippen LogP contribution in [0.1, 0.15) is 12.8 Å². The topological polar surface area (TPSA) is 133 Å². The molecule has 0 aromatic carbocycles. The Kier molecular flexibility index (Phi) is 5.12. The van der Waals surface area contributed by atoms with E-state index < -0.39 is 11.2 Å². The van der Waals surface area contributed by atoms with Crippen LogP contribution in [0.15, 0.2) is 40.4 Å². The first kappa shape index (κ1) is 19.5. The molecular weight excluding hydrogens is 390 g/mol. The molecule has 0 unspecified atom stereocenters. The molecule has 4 rings (SSSR count). The number of piperidine rings is 1. The molecule has 0 aliphatic carbocycles. The Balaban J connectivity index is 1.38. The molecular formula is C18H21N9O3. The highest BCUT2D eigenvalue weighted by Crippen LogP contribution is 2.22. The zero-order valence-electron chi connectivity index (χ0n) is 16.6. The molecule has 1 aliphatic rings. The molecule has 3 aromatic heterocycles. The van der Waals surface area contributed by atoms with Crippen molar-refractivity contribution in [3.63, 3.8) is 0 Å². The highest BCUT2D eigenvalue weighted by molar-refractivity contribution is 5.91. The third kappa shape index (κ3) is 3.71. The minimum absolute atomic E-state index is 0.199. The van der Waals surface area contributed by atoms with Crippen LogP contribution < -0.4 is 21.5 Å². The van der Waals surface area contributed by atoms with Gasteiger partial charge in [-0.3, -0.25) is 18.7 Å². The number of aromatic nitrogens is 7. The Labute approximate surface area is 170 Å². The number of amides is 1. The van der Waals surface area contributed by atoms with Crippen LogP contribution in [0.2, 0.25) is 0 Å². The molecule has 0 radical (unpaired) electrons. The number of anilines is 2. The molecule has 0 spiro atoms. The van der Waals surface area contributed by atoms with Gasteiger partial charge in [-0.2, -0.15) is 5.10 Å². The molecule has 1 aliphatic heterocycles. The third-order valence-corrected chi connectivity index (χ3v) is 5.26. The van der Waals surface area contributed by atoms with Crippen molar-refractivity contribution in [3.05, 3.63) is 51.7 Å². The standard InChI is InChI=1S/C18H21N9O3/c1-24-15(9-16(28)25(2)18(24)30)21-17(29)12-5-7-26(8-6-12)13-3-4-14(23-22-13)27-11-19-10-20-27/h3-4,9-12H,5-8H2,1-2H3,(H,21,29). The lowest BCUT2D eigenvalue weighted by atomic mass is 9.96. The van der Waals surface area contributed by atoms with E-state index in [-0.39, 0.29) is 17.6 Å². The highest BCUT2D eigenvalue weighted by atomic mass is 16.2. The predicted molar refractivity (Wildman–Crippen MR) is 107 cm³/mol. The fraction of sp³-hybridized carbons (Fsp3) is 0.389. The van der Waals surface area contributed by atoms with Crippen molar-refractivity contribution in [2.45, 2.75) is 12.8 Å². The molecule has 12 heteroatoms. The van der Waals surface area contributed by atoms with E-state index in [4.69, 9.17) is 0 Å². The number of nitrogens with one attached hydrogen (secondary N) is 1. The molecule has 12 nitrogen and oxygen atoms in total. The van der Waals surface area contributed by atoms with E-state index in [9.17, 15) is 14.4 Å². The summed E-state index contributed by atoms with van der Waals surface area (Å²) in [6.45, 7) is 1.29. The molecule has 0 saturated carbocycles. The van der Waals surface area contributed by atoms with E-state index in [1.165, 1.54) is 35.7 Å². The normalized spacial score (nSPS) is 14.7. The lowest BCUT2D eigenvalue weighted by Gasteiger charge is -2.31. The fourth-order valence-electron chi connectivity index (χ4n) is 3.39. The first-order valence-electron chi connectivity index (χ1n) is 9.45. The molecule has 1 amide bonds. The number of hydrogen-bond donors (Lipinski definition) is 1. The molecule has 1 saturated heterocycles. The first-order valence-corrected chi connectivity index (χ1v) is 9.45. The smallest absolute Gasteiger partial charge is 0.332 e. The van der Waals surface area contributed by atoms with Gasteiger partial charge in [0.05, 0.1) is 0 Å². The van der Waals surface area contributed by atoms with Gasteiger partial charge >= 0.3 is 5.69 Å². The second kappa shape index (κ2) is 7.89. The van der Waals surface area contributed by atoms with Gasteiger partial charge in [0.1, 0.15) is 18.5 Å². The number of hydrogen-bond acceptors (Lipinski definition) is 8. The quantitative estimate of drug-likeness (QED) is 0.596. The Morgan fingerprint density at radius 3 is 2.40 bits per heavy atom. The summed E-state index contributed by atoms with van der Waals surface area (Å²) in [7, 11) is 2.91. The Morgan fingerprint density at radius 2 is 1.77 bits per heavy atom. The van der Waals surface area contributed by atoms with Crippen LogP contribution >= 0.6 is 0 Å². The number of nitrogens with zero attached hydrogens (tertiary/aromatic N) is 8. The lowest BCUT2D eigenvalue weighted by Crippen LogP contribution is -2.41. The second-order valence-electron chi connectivity index (χ2n) is 7.11. The summed E-state index contributed by atoms with van der Waals surface area (Å²) < 4.78 is 3.77. The average Bonchev–Trinajstić information content (AvgIpc) is 3.31. The van der Waals surface area contributed by atoms with Gasteiger partial charge in [-0.25, -0.2) is 14.5 Å². The minimum Gasteiger partial charge on any atom is -0.355 e. The first-order chi connectivity index (χ1) is 14.4. The SMILES string of the molecule is Cn1c(NC(=O)C2CCN(c3ccc(-n4cncn4)nn3)CC2)cc(=O)n(C)c1=O. The number of carbonyl (C=O) groups excluding carboxylic acids is 1. The molecule has 156 valence electrons. The van der Waals surface area contributed by atoms with Crippen molar-refractivity contribution in [2.75, 3.05) is 23.3 Å². The van der Waals surface area contributed by atoms with Crippen molar-refractivity contribution in [3.8, 4) is 5.82 Å². The summed E-state index contributed by atoms with van der Waals surface area (Å²) in [6, 6.07) is 4.92. The summed E-state index contributed by atoms with van der Waals surface area (Å²) >= 11 is 0. The Bertz CT molecular complexity index is 1160. The lowest BCUT2D eigenvalue weighted by molar-refractivity contribution is -0.120. The highest BCUT2D eigenvalue weighted by Gasteiger charge is 2.26. The van der Waals surface area contributed by atoms with Gasteiger partial charge in [-0.1, -0.05) is 0 Å². The summed E-state index contributed by atoms with van der Waals surface area (Å²) in [6.07, 6.45) is 4.22. The van der Waals surface area contributed by atoms with Gasteiger partial charge in [0.15, 0.2) is 11.6 Å². The van der Waals surface area contributed by atoms with E-state index in [1.807, 2.05) is 12.1 Å². The van der Waals surface area contributed by atoms with Crippen molar-refractivity contribution < 1.29 is 4.79 Å². The number of carbonyl (C=O) groups is 1. The van der Waals surface area contributed by atoms with Crippen molar-refractivity contribution in [2.24, 2.45) is 20.0 Å². The minimum atomic E-state index is -0.486. The Morgan fingerprint density at radius 1 is 1.07 bits per heavy atom. The molecule has 3 aromatic rings. The van der Waals surface area contributed by atoms with Gasteiger partial charge in [0.2, 0.25) is 5.91 Å². The van der Waals surface area contributed by atoms with Crippen LogP contribution in [-0.2, 0) is 18.9 Å². The Hall–Kier alpha value is -3.83. The van der Waals surface area contributed by atoms with E-state index in [0.717, 1.165) is 10.4 Å². The largest absolute Gasteiger partial charge is 0.355 e. The van der Waals surface area contributed by atoms with E-state index in [2.05, 4.69) is 30.5 Å². The van der Waals surface area contributed by atoms with Gasteiger partial charge in [0, 0.05) is 39.2 Å². The van der Waals surface area contributed by atoms with Crippen molar-refractivity contribution >= 4 is 17.5 Å². The van der Waals surface area contributed by atoms with E-state index >= 15 is 0 Å². The monoisotopic (exact) mass is 411 g/mol. The van der Waals surface area contributed by atoms with Crippen LogP contribution in [0.4, 0.5) is 11.6 Å². The van der Waals surface area contributed by atoms with E-state index in [1.54, 1.807) is 6.33 Å². The fourth-order valence-corrected chi connectivity index (χ4v) is 3.39. The average molecular weight is 411 g/mol. The van der Waals surface area contributed by atoms with Crippen LogP contribution in [0.5, 0.6) is 0 Å². The van der Waals surface area contributed by atoms with Crippen LogP contribution in [-0.4, -0.2) is 53.1 Å². The molecule has 1 N–H and O–H groups in total. The summed E-state index contributed by atoms with van der Waals surface area (Å²) in [5.41, 5.74) is -0.948. The maximum absolute atomic E-state index is 12.6. The maximum atomic E-state index is 12.6. The zero-order valence-corrected chi connectivity index (χ0v) is 16.6. The van der Waals surface area contributed by atoms with Gasteiger partial charge in [-0.15, -0.1) is 10.2 Å². The zero-order chi connectivity index (χ0) is 21.3. The summed E-state index contributed by atoms with van der Waals surface area (Å²) in [5, 5.41) is 15.1. The predicted octanol–water partition coefficient (Wildman–Crippen LogP) is -0.690. The molecule has 30 heavy (non-hydrogen) atoms. The number of rotatable bonds is 4. The summed E-state index contributed by atoms with van der Waals surface area (Å²) in [4.78, 5) is 42.5. The molecule has 0 bridgehead atoms. The van der Waals surface area contributed by atoms with Gasteiger partial charge in [0.25, 0.3) is 5.56 Å². The van der Waals surface area contributed by atoms with Gasteiger partial charge in [-0.05, 0) is 25.0 Å². The van der Waals surface area contributed by atoms with E-state index in [0.29, 0.717) is 31.7 Å². The molecule has 4 heterocycles. The summed E-state index contributed by atoms with van der Waals surface area (Å²) in [5.74, 6) is 1.08. The van der Waals surface area contributed by atoms with Gasteiger partial charge < -0.3 is 10.2 Å². The van der Waals surface area contributed by atoms with Crippen LogP contribution in [0.3, 0.4) is 0 Å². The van der Waals surface area contributed by atoms with Crippen molar-refractivity contribution in [1.29, 1.82) is 0 Å². The molecule has 0 atom stereocenters. The third-order valence-electron chi connectivity index (χ3n) is 5.26. The second-order valence-corrected chi connectivity index (χ2v) is 7.11.